The second kappa shape index (κ2) is 4.91. The highest BCUT2D eigenvalue weighted by molar-refractivity contribution is 7.12. The summed E-state index contributed by atoms with van der Waals surface area (Å²) in [6, 6.07) is 1.11. The number of hydrogen-bond donors (Lipinski definition) is 2. The van der Waals surface area contributed by atoms with Crippen molar-refractivity contribution in [1.82, 2.24) is 9.55 Å². The van der Waals surface area contributed by atoms with Crippen LogP contribution in [0.4, 0.5) is 0 Å². The van der Waals surface area contributed by atoms with Crippen LogP contribution in [0.25, 0.3) is 5.13 Å². The van der Waals surface area contributed by atoms with E-state index < -0.39 is 12.0 Å². The molecule has 0 bridgehead atoms. The van der Waals surface area contributed by atoms with Crippen molar-refractivity contribution in [2.45, 2.75) is 26.3 Å². The fraction of sp³-hybridized carbons (Fsp3) is 0.333. The first-order valence-corrected chi connectivity index (χ1v) is 6.44. The molecule has 2 aromatic rings. The largest absolute Gasteiger partial charge is 0.480 e. The number of hydrogen-bond acceptors (Lipinski definition) is 4. The summed E-state index contributed by atoms with van der Waals surface area (Å²) >= 11 is 1.55. The van der Waals surface area contributed by atoms with Crippen molar-refractivity contribution in [1.29, 1.82) is 0 Å². The Morgan fingerprint density at radius 1 is 1.61 bits per heavy atom. The van der Waals surface area contributed by atoms with E-state index in [0.29, 0.717) is 6.42 Å². The maximum atomic E-state index is 10.8. The summed E-state index contributed by atoms with van der Waals surface area (Å²) < 4.78 is 2.02. The van der Waals surface area contributed by atoms with Gasteiger partial charge in [0.2, 0.25) is 0 Å². The second-order valence-corrected chi connectivity index (χ2v) is 5.07. The summed E-state index contributed by atoms with van der Waals surface area (Å²) in [7, 11) is 0. The predicted molar refractivity (Wildman–Crippen MR) is 70.2 cm³/mol. The Morgan fingerprint density at radius 3 is 2.89 bits per heavy atom. The highest BCUT2D eigenvalue weighted by atomic mass is 32.1. The van der Waals surface area contributed by atoms with Gasteiger partial charge in [0.15, 0.2) is 5.13 Å². The molecule has 0 fully saturated rings. The molecule has 0 radical (unpaired) electrons. The van der Waals surface area contributed by atoms with E-state index in [4.69, 9.17) is 10.8 Å². The zero-order valence-electron chi connectivity index (χ0n) is 10.3. The van der Waals surface area contributed by atoms with Crippen LogP contribution in [-0.4, -0.2) is 26.7 Å². The monoisotopic (exact) mass is 265 g/mol. The molecule has 0 aromatic carbocycles. The molecule has 0 saturated carbocycles. The third-order valence-corrected chi connectivity index (χ3v) is 3.66. The van der Waals surface area contributed by atoms with Crippen molar-refractivity contribution < 1.29 is 9.90 Å². The van der Waals surface area contributed by atoms with Gasteiger partial charge >= 0.3 is 5.97 Å². The van der Waals surface area contributed by atoms with Crippen LogP contribution < -0.4 is 5.73 Å². The lowest BCUT2D eigenvalue weighted by Crippen LogP contribution is -2.32. The van der Waals surface area contributed by atoms with E-state index >= 15 is 0 Å². The fourth-order valence-corrected chi connectivity index (χ4v) is 2.73. The summed E-state index contributed by atoms with van der Waals surface area (Å²) in [5.41, 5.74) is 8.57. The van der Waals surface area contributed by atoms with Crippen molar-refractivity contribution in [3.63, 3.8) is 0 Å². The number of nitrogens with two attached hydrogens (primary N) is 1. The van der Waals surface area contributed by atoms with Crippen LogP contribution in [0.15, 0.2) is 17.6 Å². The van der Waals surface area contributed by atoms with E-state index in [-0.39, 0.29) is 0 Å². The van der Waals surface area contributed by atoms with Crippen LogP contribution in [0.5, 0.6) is 0 Å². The van der Waals surface area contributed by atoms with Crippen molar-refractivity contribution >= 4 is 17.3 Å². The first-order valence-electron chi connectivity index (χ1n) is 5.56. The molecule has 0 aliphatic heterocycles. The predicted octanol–water partition coefficient (Wildman–Crippen LogP) is 1.51. The van der Waals surface area contributed by atoms with Crippen LogP contribution >= 0.6 is 11.3 Å². The lowest BCUT2D eigenvalue weighted by molar-refractivity contribution is -0.138. The third kappa shape index (κ3) is 2.30. The Balaban J connectivity index is 2.35. The Hall–Kier alpha value is -1.66. The van der Waals surface area contributed by atoms with Crippen LogP contribution in [0.3, 0.4) is 0 Å². The number of aliphatic carboxylic acids is 1. The molecule has 2 aromatic heterocycles. The second-order valence-electron chi connectivity index (χ2n) is 4.20. The van der Waals surface area contributed by atoms with Gasteiger partial charge in [-0.1, -0.05) is 0 Å². The van der Waals surface area contributed by atoms with E-state index in [1.54, 1.807) is 17.5 Å². The number of aryl methyl sites for hydroxylation is 1. The van der Waals surface area contributed by atoms with Gasteiger partial charge in [0.25, 0.3) is 0 Å². The van der Waals surface area contributed by atoms with Gasteiger partial charge in [-0.2, -0.15) is 0 Å². The van der Waals surface area contributed by atoms with Gasteiger partial charge in [-0.3, -0.25) is 9.36 Å². The molecule has 6 heteroatoms. The molecule has 18 heavy (non-hydrogen) atoms. The number of carboxylic acids is 1. The van der Waals surface area contributed by atoms with Crippen LogP contribution in [0.2, 0.25) is 0 Å². The Kier molecular flexibility index (Phi) is 3.49. The first kappa shape index (κ1) is 12.8. The molecular formula is C12H15N3O2S. The Labute approximate surface area is 109 Å². The molecule has 96 valence electrons. The van der Waals surface area contributed by atoms with Crippen molar-refractivity contribution in [3.8, 4) is 5.13 Å². The Morgan fingerprint density at radius 2 is 2.33 bits per heavy atom. The molecule has 1 unspecified atom stereocenters. The molecule has 0 amide bonds. The van der Waals surface area contributed by atoms with Gasteiger partial charge < -0.3 is 10.8 Å². The number of rotatable bonds is 4. The van der Waals surface area contributed by atoms with Gasteiger partial charge in [-0.05, 0) is 25.5 Å². The first-order chi connectivity index (χ1) is 8.50. The van der Waals surface area contributed by atoms with E-state index in [2.05, 4.69) is 4.98 Å². The maximum Gasteiger partial charge on any atom is 0.320 e. The minimum atomic E-state index is -0.978. The highest BCUT2D eigenvalue weighted by Gasteiger charge is 2.18. The highest BCUT2D eigenvalue weighted by Crippen LogP contribution is 2.22. The van der Waals surface area contributed by atoms with Crippen molar-refractivity contribution in [3.05, 3.63) is 34.6 Å². The van der Waals surface area contributed by atoms with Crippen LogP contribution in [0.1, 0.15) is 17.0 Å². The SMILES string of the molecule is Cc1cc(CC(N)C(=O)O)c(C)n1-c1nccs1. The molecule has 0 aliphatic carbocycles. The van der Waals surface area contributed by atoms with E-state index in [0.717, 1.165) is 22.1 Å². The number of carboxylic acid groups (broad SMARTS) is 1. The molecule has 3 N–H and O–H groups in total. The lowest BCUT2D eigenvalue weighted by Gasteiger charge is -2.07. The van der Waals surface area contributed by atoms with E-state index in [1.165, 1.54) is 0 Å². The Bertz CT molecular complexity index is 560. The average Bonchev–Trinajstić information content (AvgIpc) is 2.88. The summed E-state index contributed by atoms with van der Waals surface area (Å²) in [6.07, 6.45) is 2.09. The van der Waals surface area contributed by atoms with Gasteiger partial charge in [-0.15, -0.1) is 11.3 Å². The number of nitrogens with zero attached hydrogens (tertiary/aromatic N) is 2. The maximum absolute atomic E-state index is 10.8. The van der Waals surface area contributed by atoms with Gasteiger partial charge in [0.1, 0.15) is 6.04 Å². The lowest BCUT2D eigenvalue weighted by atomic mass is 10.1. The molecule has 0 aliphatic rings. The van der Waals surface area contributed by atoms with Crippen molar-refractivity contribution in [2.75, 3.05) is 0 Å². The molecule has 1 atom stereocenters. The molecular weight excluding hydrogens is 250 g/mol. The summed E-state index contributed by atoms with van der Waals surface area (Å²) in [4.78, 5) is 15.1. The van der Waals surface area contributed by atoms with E-state index in [1.807, 2.05) is 29.9 Å². The molecule has 5 nitrogen and oxygen atoms in total. The van der Waals surface area contributed by atoms with E-state index in [9.17, 15) is 4.79 Å². The quantitative estimate of drug-likeness (QED) is 0.878. The topological polar surface area (TPSA) is 81.1 Å². The summed E-state index contributed by atoms with van der Waals surface area (Å²) in [5, 5.41) is 11.7. The molecule has 0 saturated heterocycles. The van der Waals surface area contributed by atoms with Gasteiger partial charge in [-0.25, -0.2) is 4.98 Å². The smallest absolute Gasteiger partial charge is 0.320 e. The summed E-state index contributed by atoms with van der Waals surface area (Å²) in [5.74, 6) is -0.978. The molecule has 2 heterocycles. The van der Waals surface area contributed by atoms with Crippen molar-refractivity contribution in [2.24, 2.45) is 5.73 Å². The normalized spacial score (nSPS) is 12.6. The number of aromatic nitrogens is 2. The van der Waals surface area contributed by atoms with Gasteiger partial charge in [0.05, 0.1) is 0 Å². The minimum absolute atomic E-state index is 0.334. The third-order valence-electron chi connectivity index (χ3n) is 2.90. The van der Waals surface area contributed by atoms with Gasteiger partial charge in [0, 0.05) is 29.4 Å². The fourth-order valence-electron chi connectivity index (χ4n) is 1.98. The number of thiazole rings is 1. The molecule has 0 spiro atoms. The minimum Gasteiger partial charge on any atom is -0.480 e. The summed E-state index contributed by atoms with van der Waals surface area (Å²) in [6.45, 7) is 3.93. The molecule has 2 rings (SSSR count). The van der Waals surface area contributed by atoms with Crippen LogP contribution in [-0.2, 0) is 11.2 Å². The zero-order valence-corrected chi connectivity index (χ0v) is 11.1. The zero-order chi connectivity index (χ0) is 13.3. The average molecular weight is 265 g/mol. The standard InChI is InChI=1S/C12H15N3O2S/c1-7-5-9(6-10(13)11(16)17)8(2)15(7)12-14-3-4-18-12/h3-5,10H,6,13H2,1-2H3,(H,16,17). The number of carbonyl (C=O) groups is 1. The van der Waals surface area contributed by atoms with Crippen LogP contribution in [0, 0.1) is 13.8 Å².